The molecular formula is C15H19N5S. The average molecular weight is 301 g/mol. The molecule has 0 atom stereocenters. The van der Waals surface area contributed by atoms with Crippen LogP contribution in [0.4, 0.5) is 0 Å². The summed E-state index contributed by atoms with van der Waals surface area (Å²) in [6.45, 7) is 2.97. The van der Waals surface area contributed by atoms with Gasteiger partial charge in [0, 0.05) is 31.9 Å². The number of aryl methyl sites for hydroxylation is 4. The lowest BCUT2D eigenvalue weighted by atomic mass is 10.2. The first-order valence-corrected chi connectivity index (χ1v) is 7.65. The Kier molecular flexibility index (Phi) is 3.88. The lowest BCUT2D eigenvalue weighted by molar-refractivity contribution is 0.654. The number of rotatable bonds is 5. The molecule has 0 radical (unpaired) electrons. The van der Waals surface area contributed by atoms with E-state index in [1.807, 2.05) is 36.1 Å². The minimum atomic E-state index is 0.756. The summed E-state index contributed by atoms with van der Waals surface area (Å²) in [5.74, 6) is 0. The van der Waals surface area contributed by atoms with Crippen molar-refractivity contribution in [3.8, 4) is 0 Å². The van der Waals surface area contributed by atoms with Gasteiger partial charge >= 0.3 is 0 Å². The summed E-state index contributed by atoms with van der Waals surface area (Å²) in [5.41, 5.74) is 4.31. The third kappa shape index (κ3) is 2.63. The van der Waals surface area contributed by atoms with E-state index in [1.165, 1.54) is 0 Å². The van der Waals surface area contributed by atoms with Crippen LogP contribution in [0.3, 0.4) is 0 Å². The van der Waals surface area contributed by atoms with E-state index in [0.29, 0.717) is 0 Å². The van der Waals surface area contributed by atoms with Crippen LogP contribution in [0.1, 0.15) is 24.7 Å². The molecule has 0 saturated heterocycles. The Morgan fingerprint density at radius 2 is 2.14 bits per heavy atom. The SMILES string of the molecule is CCCc1nn(C)c2c1[nH]c(=S)n2CCc1ccccn1. The van der Waals surface area contributed by atoms with E-state index in [2.05, 4.69) is 26.6 Å². The quantitative estimate of drug-likeness (QED) is 0.737. The number of aromatic amines is 1. The highest BCUT2D eigenvalue weighted by Crippen LogP contribution is 2.19. The predicted octanol–water partition coefficient (Wildman–Crippen LogP) is 3.02. The highest BCUT2D eigenvalue weighted by Gasteiger charge is 2.14. The Morgan fingerprint density at radius 1 is 1.29 bits per heavy atom. The number of nitrogens with one attached hydrogen (secondary N) is 1. The number of nitrogens with zero attached hydrogens (tertiary/aromatic N) is 4. The van der Waals surface area contributed by atoms with Crippen LogP contribution in [0.2, 0.25) is 0 Å². The van der Waals surface area contributed by atoms with E-state index in [9.17, 15) is 0 Å². The van der Waals surface area contributed by atoms with Crippen molar-refractivity contribution in [2.45, 2.75) is 32.7 Å². The van der Waals surface area contributed by atoms with Crippen LogP contribution in [0.15, 0.2) is 24.4 Å². The number of aromatic nitrogens is 5. The maximum absolute atomic E-state index is 5.47. The first kappa shape index (κ1) is 14.0. The predicted molar refractivity (Wildman–Crippen MR) is 85.8 cm³/mol. The fourth-order valence-corrected chi connectivity index (χ4v) is 2.95. The normalized spacial score (nSPS) is 11.3. The van der Waals surface area contributed by atoms with Crippen molar-refractivity contribution in [3.05, 3.63) is 40.6 Å². The second-order valence-electron chi connectivity index (χ2n) is 5.17. The lowest BCUT2D eigenvalue weighted by Gasteiger charge is -2.04. The Hall–Kier alpha value is -1.95. The van der Waals surface area contributed by atoms with E-state index in [0.717, 1.165) is 53.1 Å². The molecule has 0 aromatic carbocycles. The summed E-state index contributed by atoms with van der Waals surface area (Å²) >= 11 is 5.47. The second-order valence-corrected chi connectivity index (χ2v) is 5.56. The molecule has 3 aromatic rings. The van der Waals surface area contributed by atoms with Gasteiger partial charge in [0.25, 0.3) is 0 Å². The zero-order chi connectivity index (χ0) is 14.8. The van der Waals surface area contributed by atoms with Crippen molar-refractivity contribution >= 4 is 23.4 Å². The zero-order valence-corrected chi connectivity index (χ0v) is 13.2. The van der Waals surface area contributed by atoms with E-state index in [4.69, 9.17) is 12.2 Å². The fourth-order valence-electron chi connectivity index (χ4n) is 2.67. The van der Waals surface area contributed by atoms with Gasteiger partial charge in [0.05, 0.1) is 5.69 Å². The molecule has 0 aliphatic rings. The van der Waals surface area contributed by atoms with Crippen LogP contribution in [0.25, 0.3) is 11.2 Å². The first-order chi connectivity index (χ1) is 10.2. The maximum Gasteiger partial charge on any atom is 0.179 e. The summed E-state index contributed by atoms with van der Waals surface area (Å²) in [5, 5.41) is 4.60. The van der Waals surface area contributed by atoms with Gasteiger partial charge < -0.3 is 9.55 Å². The van der Waals surface area contributed by atoms with Gasteiger partial charge in [-0.1, -0.05) is 19.4 Å². The van der Waals surface area contributed by atoms with Gasteiger partial charge in [-0.2, -0.15) is 5.10 Å². The number of H-pyrrole nitrogens is 1. The standard InChI is InChI=1S/C15H19N5S/c1-3-6-12-13-14(19(2)18-12)20(15(21)17-13)10-8-11-7-4-5-9-16-11/h4-5,7,9H,3,6,8,10H2,1-2H3,(H,17,21). The third-order valence-electron chi connectivity index (χ3n) is 3.63. The Labute approximate surface area is 128 Å². The van der Waals surface area contributed by atoms with Crippen molar-refractivity contribution in [1.29, 1.82) is 0 Å². The smallest absolute Gasteiger partial charge is 0.179 e. The molecule has 0 unspecified atom stereocenters. The number of hydrogen-bond acceptors (Lipinski definition) is 3. The number of hydrogen-bond donors (Lipinski definition) is 1. The molecule has 6 heteroatoms. The third-order valence-corrected chi connectivity index (χ3v) is 3.95. The van der Waals surface area contributed by atoms with E-state index in [-0.39, 0.29) is 0 Å². The van der Waals surface area contributed by atoms with Crippen LogP contribution >= 0.6 is 12.2 Å². The lowest BCUT2D eigenvalue weighted by Crippen LogP contribution is -2.06. The zero-order valence-electron chi connectivity index (χ0n) is 12.3. The molecular weight excluding hydrogens is 282 g/mol. The summed E-state index contributed by atoms with van der Waals surface area (Å²) in [6.07, 6.45) is 4.72. The number of pyridine rings is 1. The summed E-state index contributed by atoms with van der Waals surface area (Å²) in [4.78, 5) is 7.68. The second kappa shape index (κ2) is 5.81. The Bertz CT molecular complexity index is 797. The van der Waals surface area contributed by atoms with E-state index < -0.39 is 0 Å². The van der Waals surface area contributed by atoms with Gasteiger partial charge in [0.15, 0.2) is 10.4 Å². The summed E-state index contributed by atoms with van der Waals surface area (Å²) in [6, 6.07) is 5.98. The molecule has 0 fully saturated rings. The molecule has 3 aromatic heterocycles. The van der Waals surface area contributed by atoms with Gasteiger partial charge in [0.2, 0.25) is 0 Å². The Morgan fingerprint density at radius 3 is 2.86 bits per heavy atom. The van der Waals surface area contributed by atoms with Gasteiger partial charge in [-0.25, -0.2) is 0 Å². The van der Waals surface area contributed by atoms with Crippen LogP contribution in [-0.4, -0.2) is 24.3 Å². The van der Waals surface area contributed by atoms with Gasteiger partial charge in [0.1, 0.15) is 5.52 Å². The van der Waals surface area contributed by atoms with Crippen molar-refractivity contribution < 1.29 is 0 Å². The first-order valence-electron chi connectivity index (χ1n) is 7.25. The minimum absolute atomic E-state index is 0.756. The molecule has 0 amide bonds. The molecule has 3 heterocycles. The van der Waals surface area contributed by atoms with Crippen molar-refractivity contribution in [2.24, 2.45) is 7.05 Å². The molecule has 0 aliphatic carbocycles. The number of fused-ring (bicyclic) bond motifs is 1. The van der Waals surface area contributed by atoms with E-state index in [1.54, 1.807) is 0 Å². The molecule has 0 saturated carbocycles. The average Bonchev–Trinajstić information content (AvgIpc) is 2.96. The highest BCUT2D eigenvalue weighted by atomic mass is 32.1. The fraction of sp³-hybridized carbons (Fsp3) is 0.400. The van der Waals surface area contributed by atoms with Crippen LogP contribution in [-0.2, 0) is 26.4 Å². The molecule has 0 spiro atoms. The Balaban J connectivity index is 1.95. The minimum Gasteiger partial charge on any atom is -0.328 e. The van der Waals surface area contributed by atoms with Gasteiger partial charge in [-0.3, -0.25) is 9.67 Å². The molecule has 0 bridgehead atoms. The maximum atomic E-state index is 5.47. The van der Waals surface area contributed by atoms with Crippen LogP contribution in [0, 0.1) is 4.77 Å². The van der Waals surface area contributed by atoms with Crippen molar-refractivity contribution in [3.63, 3.8) is 0 Å². The van der Waals surface area contributed by atoms with E-state index >= 15 is 0 Å². The molecule has 3 rings (SSSR count). The molecule has 5 nitrogen and oxygen atoms in total. The molecule has 1 N–H and O–H groups in total. The van der Waals surface area contributed by atoms with Crippen molar-refractivity contribution in [1.82, 2.24) is 24.3 Å². The largest absolute Gasteiger partial charge is 0.328 e. The van der Waals surface area contributed by atoms with Crippen LogP contribution < -0.4 is 0 Å². The molecule has 0 aliphatic heterocycles. The van der Waals surface area contributed by atoms with Crippen molar-refractivity contribution in [2.75, 3.05) is 0 Å². The van der Waals surface area contributed by atoms with Crippen LogP contribution in [0.5, 0.6) is 0 Å². The molecule has 110 valence electrons. The molecule has 21 heavy (non-hydrogen) atoms. The monoisotopic (exact) mass is 301 g/mol. The topological polar surface area (TPSA) is 51.4 Å². The summed E-state index contributed by atoms with van der Waals surface area (Å²) < 4.78 is 4.79. The van der Waals surface area contributed by atoms with Gasteiger partial charge in [-0.05, 0) is 30.8 Å². The number of imidazole rings is 1. The highest BCUT2D eigenvalue weighted by molar-refractivity contribution is 7.71. The van der Waals surface area contributed by atoms with Gasteiger partial charge in [-0.15, -0.1) is 0 Å². The summed E-state index contributed by atoms with van der Waals surface area (Å²) in [7, 11) is 1.97.